The molecule has 1 aromatic heterocycles. The number of rotatable bonds is 2. The Morgan fingerprint density at radius 2 is 2.50 bits per heavy atom. The van der Waals surface area contributed by atoms with Gasteiger partial charge in [0.25, 0.3) is 0 Å². The fourth-order valence-electron chi connectivity index (χ4n) is 1.74. The highest BCUT2D eigenvalue weighted by atomic mass is 35.5. The minimum Gasteiger partial charge on any atom is -0.327 e. The Labute approximate surface area is 92.2 Å². The lowest BCUT2D eigenvalue weighted by molar-refractivity contribution is 0.199. The van der Waals surface area contributed by atoms with Gasteiger partial charge in [-0.1, -0.05) is 16.1 Å². The number of piperidine rings is 1. The third kappa shape index (κ3) is 2.42. The standard InChI is InChI=1S/C8H13ClN4S/c9-8-7(11-12-14-8)5-13-3-1-2-6(10)4-13/h6H,1-5,10H2. The van der Waals surface area contributed by atoms with E-state index in [1.54, 1.807) is 0 Å². The third-order valence-corrected chi connectivity index (χ3v) is 3.41. The van der Waals surface area contributed by atoms with Crippen LogP contribution in [0.5, 0.6) is 0 Å². The van der Waals surface area contributed by atoms with Gasteiger partial charge in [0.05, 0.1) is 0 Å². The lowest BCUT2D eigenvalue weighted by Crippen LogP contribution is -2.42. The molecule has 0 aromatic carbocycles. The lowest BCUT2D eigenvalue weighted by Gasteiger charge is -2.29. The minimum atomic E-state index is 0.300. The second-order valence-corrected chi connectivity index (χ2v) is 4.99. The van der Waals surface area contributed by atoms with Crippen molar-refractivity contribution in [3.63, 3.8) is 0 Å². The maximum atomic E-state index is 5.93. The average molecular weight is 233 g/mol. The molecule has 78 valence electrons. The van der Waals surface area contributed by atoms with Crippen molar-refractivity contribution in [2.24, 2.45) is 5.73 Å². The van der Waals surface area contributed by atoms with Crippen molar-refractivity contribution in [3.05, 3.63) is 10.0 Å². The predicted molar refractivity (Wildman–Crippen MR) is 57.4 cm³/mol. The van der Waals surface area contributed by atoms with Crippen LogP contribution in [-0.4, -0.2) is 33.6 Å². The normalized spacial score (nSPS) is 24.0. The Morgan fingerprint density at radius 3 is 3.14 bits per heavy atom. The predicted octanol–water partition coefficient (Wildman–Crippen LogP) is 1.11. The molecule has 1 aromatic rings. The van der Waals surface area contributed by atoms with Crippen LogP contribution in [0.15, 0.2) is 0 Å². The largest absolute Gasteiger partial charge is 0.327 e. The molecule has 0 amide bonds. The van der Waals surface area contributed by atoms with Gasteiger partial charge in [-0.15, -0.1) is 5.10 Å². The number of nitrogens with two attached hydrogens (primary N) is 1. The number of halogens is 1. The highest BCUT2D eigenvalue weighted by Gasteiger charge is 2.18. The average Bonchev–Trinajstić information content (AvgIpc) is 2.52. The summed E-state index contributed by atoms with van der Waals surface area (Å²) in [4.78, 5) is 2.29. The summed E-state index contributed by atoms with van der Waals surface area (Å²) in [6, 6.07) is 0.300. The molecule has 2 heterocycles. The van der Waals surface area contributed by atoms with Crippen molar-refractivity contribution >= 4 is 23.1 Å². The molecule has 6 heteroatoms. The molecular formula is C8H13ClN4S. The van der Waals surface area contributed by atoms with Gasteiger partial charge < -0.3 is 5.73 Å². The fourth-order valence-corrected chi connectivity index (χ4v) is 2.35. The van der Waals surface area contributed by atoms with Crippen molar-refractivity contribution < 1.29 is 0 Å². The van der Waals surface area contributed by atoms with Gasteiger partial charge >= 0.3 is 0 Å². The maximum absolute atomic E-state index is 5.93. The van der Waals surface area contributed by atoms with Crippen LogP contribution in [0, 0.1) is 0 Å². The van der Waals surface area contributed by atoms with Crippen LogP contribution in [-0.2, 0) is 6.54 Å². The molecule has 1 atom stereocenters. The van der Waals surface area contributed by atoms with E-state index >= 15 is 0 Å². The highest BCUT2D eigenvalue weighted by molar-refractivity contribution is 7.10. The fraction of sp³-hybridized carbons (Fsp3) is 0.750. The van der Waals surface area contributed by atoms with Crippen molar-refractivity contribution in [2.75, 3.05) is 13.1 Å². The summed E-state index contributed by atoms with van der Waals surface area (Å²) >= 11 is 7.17. The molecule has 2 rings (SSSR count). The van der Waals surface area contributed by atoms with E-state index in [4.69, 9.17) is 17.3 Å². The first-order valence-corrected chi connectivity index (χ1v) is 5.85. The minimum absolute atomic E-state index is 0.300. The molecule has 0 radical (unpaired) electrons. The number of hydrogen-bond donors (Lipinski definition) is 1. The lowest BCUT2D eigenvalue weighted by atomic mass is 10.1. The second-order valence-electron chi connectivity index (χ2n) is 3.63. The molecule has 0 saturated carbocycles. The van der Waals surface area contributed by atoms with Crippen LogP contribution in [0.4, 0.5) is 0 Å². The summed E-state index contributed by atoms with van der Waals surface area (Å²) in [5.74, 6) is 0. The first-order valence-electron chi connectivity index (χ1n) is 4.70. The van der Waals surface area contributed by atoms with Crippen molar-refractivity contribution in [1.82, 2.24) is 14.5 Å². The molecule has 0 bridgehead atoms. The van der Waals surface area contributed by atoms with Gasteiger partial charge in [-0.05, 0) is 19.4 Å². The zero-order valence-electron chi connectivity index (χ0n) is 7.82. The summed E-state index contributed by atoms with van der Waals surface area (Å²) in [6.07, 6.45) is 2.29. The van der Waals surface area contributed by atoms with Crippen LogP contribution in [0.2, 0.25) is 4.34 Å². The molecule has 1 aliphatic heterocycles. The number of likely N-dealkylation sites (tertiary alicyclic amines) is 1. The van der Waals surface area contributed by atoms with E-state index in [1.165, 1.54) is 11.5 Å². The monoisotopic (exact) mass is 232 g/mol. The molecule has 2 N–H and O–H groups in total. The Morgan fingerprint density at radius 1 is 1.64 bits per heavy atom. The van der Waals surface area contributed by atoms with Gasteiger partial charge in [0.15, 0.2) is 0 Å². The number of aromatic nitrogens is 2. The van der Waals surface area contributed by atoms with Crippen LogP contribution >= 0.6 is 23.1 Å². The first-order chi connectivity index (χ1) is 6.75. The van der Waals surface area contributed by atoms with E-state index < -0.39 is 0 Å². The Hall–Kier alpha value is -0.230. The van der Waals surface area contributed by atoms with E-state index in [-0.39, 0.29) is 0 Å². The Bertz CT molecular complexity index is 303. The SMILES string of the molecule is NC1CCCN(Cc2nnsc2Cl)C1. The van der Waals surface area contributed by atoms with Crippen LogP contribution in [0.3, 0.4) is 0 Å². The van der Waals surface area contributed by atoms with Crippen LogP contribution in [0.1, 0.15) is 18.5 Å². The van der Waals surface area contributed by atoms with Gasteiger partial charge in [0, 0.05) is 30.7 Å². The topological polar surface area (TPSA) is 55.0 Å². The van der Waals surface area contributed by atoms with Gasteiger partial charge in [0.2, 0.25) is 0 Å². The first kappa shape index (κ1) is 10.3. The molecule has 0 spiro atoms. The summed E-state index contributed by atoms with van der Waals surface area (Å²) < 4.78 is 4.51. The van der Waals surface area contributed by atoms with Gasteiger partial charge in [-0.25, -0.2) is 0 Å². The summed E-state index contributed by atoms with van der Waals surface area (Å²) in [7, 11) is 0. The molecular weight excluding hydrogens is 220 g/mol. The van der Waals surface area contributed by atoms with Crippen LogP contribution < -0.4 is 5.73 Å². The molecule has 4 nitrogen and oxygen atoms in total. The van der Waals surface area contributed by atoms with E-state index in [0.29, 0.717) is 10.4 Å². The Kier molecular flexibility index (Phi) is 3.33. The van der Waals surface area contributed by atoms with Crippen LogP contribution in [0.25, 0.3) is 0 Å². The summed E-state index contributed by atoms with van der Waals surface area (Å²) in [5.41, 5.74) is 6.76. The van der Waals surface area contributed by atoms with Crippen molar-refractivity contribution in [2.45, 2.75) is 25.4 Å². The Balaban J connectivity index is 1.94. The molecule has 1 unspecified atom stereocenters. The third-order valence-electron chi connectivity index (χ3n) is 2.42. The molecule has 1 saturated heterocycles. The van der Waals surface area contributed by atoms with E-state index in [1.807, 2.05) is 0 Å². The summed E-state index contributed by atoms with van der Waals surface area (Å²) in [6.45, 7) is 2.80. The molecule has 1 aliphatic rings. The zero-order chi connectivity index (χ0) is 9.97. The smallest absolute Gasteiger partial charge is 0.138 e. The summed E-state index contributed by atoms with van der Waals surface area (Å²) in [5, 5.41) is 3.99. The zero-order valence-corrected chi connectivity index (χ0v) is 9.39. The van der Waals surface area contributed by atoms with Gasteiger partial charge in [-0.3, -0.25) is 4.90 Å². The van der Waals surface area contributed by atoms with Crippen molar-refractivity contribution in [1.29, 1.82) is 0 Å². The van der Waals surface area contributed by atoms with E-state index in [9.17, 15) is 0 Å². The van der Waals surface area contributed by atoms with Gasteiger partial charge in [-0.2, -0.15) is 0 Å². The molecule has 14 heavy (non-hydrogen) atoms. The number of hydrogen-bond acceptors (Lipinski definition) is 5. The van der Waals surface area contributed by atoms with Crippen molar-refractivity contribution in [3.8, 4) is 0 Å². The van der Waals surface area contributed by atoms with Gasteiger partial charge in [0.1, 0.15) is 10.0 Å². The maximum Gasteiger partial charge on any atom is 0.138 e. The molecule has 1 fully saturated rings. The molecule has 0 aliphatic carbocycles. The quantitative estimate of drug-likeness (QED) is 0.830. The van der Waals surface area contributed by atoms with E-state index in [0.717, 1.165) is 38.2 Å². The van der Waals surface area contributed by atoms with E-state index in [2.05, 4.69) is 14.5 Å². The highest BCUT2D eigenvalue weighted by Crippen LogP contribution is 2.20. The second kappa shape index (κ2) is 4.53. The number of nitrogens with zero attached hydrogens (tertiary/aromatic N) is 3.